The van der Waals surface area contributed by atoms with Crippen LogP contribution in [0.1, 0.15) is 19.3 Å². The first-order chi connectivity index (χ1) is 7.42. The van der Waals surface area contributed by atoms with E-state index in [-0.39, 0.29) is 6.23 Å². The summed E-state index contributed by atoms with van der Waals surface area (Å²) < 4.78 is 5.90. The van der Waals surface area contributed by atoms with Crippen molar-refractivity contribution < 1.29 is 4.74 Å². The van der Waals surface area contributed by atoms with Crippen LogP contribution in [0.15, 0.2) is 24.4 Å². The second-order valence-electron chi connectivity index (χ2n) is 4.46. The van der Waals surface area contributed by atoms with E-state index < -0.39 is 0 Å². The van der Waals surface area contributed by atoms with Crippen LogP contribution in [0, 0.1) is 5.92 Å². The molecule has 3 saturated heterocycles. The van der Waals surface area contributed by atoms with E-state index in [1.54, 1.807) is 6.20 Å². The molecule has 0 spiro atoms. The molecule has 1 unspecified atom stereocenters. The van der Waals surface area contributed by atoms with Crippen LogP contribution in [-0.2, 0) is 0 Å². The average molecular weight is 204 g/mol. The predicted octanol–water partition coefficient (Wildman–Crippen LogP) is 1.90. The fourth-order valence-corrected chi connectivity index (χ4v) is 2.59. The van der Waals surface area contributed by atoms with Crippen molar-refractivity contribution in [3.05, 3.63) is 24.4 Å². The molecule has 1 aromatic rings. The van der Waals surface area contributed by atoms with Crippen molar-refractivity contribution in [1.29, 1.82) is 0 Å². The maximum Gasteiger partial charge on any atom is 0.214 e. The summed E-state index contributed by atoms with van der Waals surface area (Å²) in [4.78, 5) is 6.65. The summed E-state index contributed by atoms with van der Waals surface area (Å²) in [6.45, 7) is 2.39. The number of rotatable bonds is 2. The Hall–Kier alpha value is -1.09. The molecule has 80 valence electrons. The normalized spacial score (nSPS) is 34.0. The Morgan fingerprint density at radius 3 is 2.73 bits per heavy atom. The van der Waals surface area contributed by atoms with Crippen LogP contribution in [0.2, 0.25) is 0 Å². The molecule has 3 nitrogen and oxygen atoms in total. The highest BCUT2D eigenvalue weighted by Gasteiger charge is 2.34. The van der Waals surface area contributed by atoms with E-state index in [4.69, 9.17) is 4.74 Å². The van der Waals surface area contributed by atoms with Crippen molar-refractivity contribution in [3.63, 3.8) is 0 Å². The highest BCUT2D eigenvalue weighted by atomic mass is 16.5. The predicted molar refractivity (Wildman–Crippen MR) is 57.6 cm³/mol. The van der Waals surface area contributed by atoms with Gasteiger partial charge in [0.05, 0.1) is 0 Å². The van der Waals surface area contributed by atoms with E-state index in [0.29, 0.717) is 0 Å². The van der Waals surface area contributed by atoms with Gasteiger partial charge in [-0.25, -0.2) is 4.98 Å². The molecule has 0 amide bonds. The van der Waals surface area contributed by atoms with E-state index >= 15 is 0 Å². The lowest BCUT2D eigenvalue weighted by molar-refractivity contribution is -0.0625. The lowest BCUT2D eigenvalue weighted by Crippen LogP contribution is -2.51. The summed E-state index contributed by atoms with van der Waals surface area (Å²) in [6, 6.07) is 5.82. The van der Waals surface area contributed by atoms with Crippen molar-refractivity contribution in [3.8, 4) is 5.88 Å². The molecule has 0 radical (unpaired) electrons. The number of hydrogen-bond acceptors (Lipinski definition) is 3. The summed E-state index contributed by atoms with van der Waals surface area (Å²) in [5.41, 5.74) is 0. The van der Waals surface area contributed by atoms with Crippen LogP contribution in [0.25, 0.3) is 0 Å². The number of aromatic nitrogens is 1. The quantitative estimate of drug-likeness (QED) is 0.735. The maximum absolute atomic E-state index is 5.90. The highest BCUT2D eigenvalue weighted by molar-refractivity contribution is 5.10. The lowest BCUT2D eigenvalue weighted by atomic mass is 9.87. The monoisotopic (exact) mass is 204 g/mol. The Labute approximate surface area is 90.1 Å². The molecular weight excluding hydrogens is 188 g/mol. The lowest BCUT2D eigenvalue weighted by Gasteiger charge is -2.44. The molecule has 3 heteroatoms. The third kappa shape index (κ3) is 1.84. The average Bonchev–Trinajstić information content (AvgIpc) is 2.32. The summed E-state index contributed by atoms with van der Waals surface area (Å²) in [6.07, 6.45) is 5.93. The summed E-state index contributed by atoms with van der Waals surface area (Å²) in [7, 11) is 0. The van der Waals surface area contributed by atoms with Crippen LogP contribution in [-0.4, -0.2) is 29.2 Å². The van der Waals surface area contributed by atoms with Crippen LogP contribution >= 0.6 is 0 Å². The second kappa shape index (κ2) is 3.81. The van der Waals surface area contributed by atoms with Gasteiger partial charge in [0.1, 0.15) is 0 Å². The van der Waals surface area contributed by atoms with Crippen molar-refractivity contribution in [1.82, 2.24) is 9.88 Å². The van der Waals surface area contributed by atoms with Gasteiger partial charge < -0.3 is 4.74 Å². The number of hydrogen-bond donors (Lipinski definition) is 0. The molecular formula is C12H16N2O. The van der Waals surface area contributed by atoms with Gasteiger partial charge in [-0.2, -0.15) is 0 Å². The largest absolute Gasteiger partial charge is 0.458 e. The van der Waals surface area contributed by atoms with Gasteiger partial charge in [0.2, 0.25) is 5.88 Å². The van der Waals surface area contributed by atoms with Crippen LogP contribution in [0.4, 0.5) is 0 Å². The first kappa shape index (κ1) is 9.16. The molecule has 1 aromatic heterocycles. The van der Waals surface area contributed by atoms with Gasteiger partial charge in [-0.3, -0.25) is 4.90 Å². The van der Waals surface area contributed by atoms with Crippen molar-refractivity contribution in [2.45, 2.75) is 25.5 Å². The van der Waals surface area contributed by atoms with Gasteiger partial charge >= 0.3 is 0 Å². The minimum atomic E-state index is 0.271. The molecule has 1 atom stereocenters. The Morgan fingerprint density at radius 1 is 1.27 bits per heavy atom. The van der Waals surface area contributed by atoms with Gasteiger partial charge in [0.25, 0.3) is 0 Å². The fraction of sp³-hybridized carbons (Fsp3) is 0.583. The molecule has 4 rings (SSSR count). The number of ether oxygens (including phenoxy) is 1. The molecule has 2 bridgehead atoms. The molecule has 0 saturated carbocycles. The second-order valence-corrected chi connectivity index (χ2v) is 4.46. The van der Waals surface area contributed by atoms with E-state index in [1.165, 1.54) is 32.4 Å². The van der Waals surface area contributed by atoms with Gasteiger partial charge in [0, 0.05) is 31.8 Å². The SMILES string of the molecule is c1ccc(OC2CC3CCN2CC3)nc1. The fourth-order valence-electron chi connectivity index (χ4n) is 2.59. The van der Waals surface area contributed by atoms with Crippen LogP contribution in [0.5, 0.6) is 5.88 Å². The highest BCUT2D eigenvalue weighted by Crippen LogP contribution is 2.32. The molecule has 4 heterocycles. The zero-order valence-electron chi connectivity index (χ0n) is 8.80. The molecule has 15 heavy (non-hydrogen) atoms. The number of pyridine rings is 1. The van der Waals surface area contributed by atoms with E-state index in [9.17, 15) is 0 Å². The molecule has 3 aliphatic heterocycles. The molecule has 0 aromatic carbocycles. The summed E-state index contributed by atoms with van der Waals surface area (Å²) in [5, 5.41) is 0. The first-order valence-electron chi connectivity index (χ1n) is 5.73. The minimum absolute atomic E-state index is 0.271. The zero-order valence-corrected chi connectivity index (χ0v) is 8.80. The van der Waals surface area contributed by atoms with Crippen LogP contribution < -0.4 is 4.74 Å². The van der Waals surface area contributed by atoms with Crippen molar-refractivity contribution in [2.24, 2.45) is 5.92 Å². The topological polar surface area (TPSA) is 25.4 Å². The van der Waals surface area contributed by atoms with Gasteiger partial charge in [-0.05, 0) is 24.8 Å². The van der Waals surface area contributed by atoms with Gasteiger partial charge in [0.15, 0.2) is 6.23 Å². The Bertz CT molecular complexity index is 320. The van der Waals surface area contributed by atoms with E-state index in [1.807, 2.05) is 18.2 Å². The smallest absolute Gasteiger partial charge is 0.214 e. The number of fused-ring (bicyclic) bond motifs is 3. The summed E-state index contributed by atoms with van der Waals surface area (Å²) in [5.74, 6) is 1.64. The minimum Gasteiger partial charge on any atom is -0.458 e. The number of nitrogens with zero attached hydrogens (tertiary/aromatic N) is 2. The van der Waals surface area contributed by atoms with Crippen molar-refractivity contribution in [2.75, 3.05) is 13.1 Å². The third-order valence-corrected chi connectivity index (χ3v) is 3.49. The Kier molecular flexibility index (Phi) is 2.33. The molecule has 3 aliphatic rings. The summed E-state index contributed by atoms with van der Waals surface area (Å²) >= 11 is 0. The van der Waals surface area contributed by atoms with Crippen LogP contribution in [0.3, 0.4) is 0 Å². The molecule has 3 fully saturated rings. The van der Waals surface area contributed by atoms with E-state index in [0.717, 1.165) is 11.8 Å². The first-order valence-corrected chi connectivity index (χ1v) is 5.73. The molecule has 0 aliphatic carbocycles. The Morgan fingerprint density at radius 2 is 2.13 bits per heavy atom. The maximum atomic E-state index is 5.90. The van der Waals surface area contributed by atoms with Gasteiger partial charge in [-0.1, -0.05) is 6.07 Å². The van der Waals surface area contributed by atoms with Gasteiger partial charge in [-0.15, -0.1) is 0 Å². The van der Waals surface area contributed by atoms with E-state index in [2.05, 4.69) is 9.88 Å². The molecule has 0 N–H and O–H groups in total. The number of piperidine rings is 3. The standard InChI is InChI=1S/C12H16N2O/c1-2-6-13-11(3-1)15-12-9-10-4-7-14(12)8-5-10/h1-3,6,10,12H,4-5,7-9H2. The Balaban J connectivity index is 1.69. The zero-order chi connectivity index (χ0) is 10.1. The third-order valence-electron chi connectivity index (χ3n) is 3.49. The van der Waals surface area contributed by atoms with Crippen molar-refractivity contribution >= 4 is 0 Å².